The number of hydrogen-bond acceptors (Lipinski definition) is 3. The second-order valence-electron chi connectivity index (χ2n) is 10.9. The van der Waals surface area contributed by atoms with Crippen LogP contribution < -0.4 is 9.80 Å². The number of carbonyl (C=O) groups is 1. The lowest BCUT2D eigenvalue weighted by Crippen LogP contribution is -2.54. The fourth-order valence-corrected chi connectivity index (χ4v) is 5.97. The maximum absolute atomic E-state index is 14.6. The number of hydrogen-bond donors (Lipinski definition) is 0. The molecule has 3 aliphatic rings. The number of amides is 2. The first-order valence-corrected chi connectivity index (χ1v) is 13.5. The summed E-state index contributed by atoms with van der Waals surface area (Å²) in [6, 6.07) is 10.1. The van der Waals surface area contributed by atoms with Gasteiger partial charge in [0.2, 0.25) is 0 Å². The van der Waals surface area contributed by atoms with Crippen molar-refractivity contribution in [1.29, 1.82) is 0 Å². The number of urea groups is 1. The molecule has 0 N–H and O–H groups in total. The third-order valence-corrected chi connectivity index (χ3v) is 8.15. The maximum Gasteiger partial charge on any atom is 0.416 e. The number of fused-ring (bicyclic) bond motifs is 1. The summed E-state index contributed by atoms with van der Waals surface area (Å²) in [6.45, 7) is 3.87. The van der Waals surface area contributed by atoms with Crippen molar-refractivity contribution in [1.82, 2.24) is 14.7 Å². The van der Waals surface area contributed by atoms with Gasteiger partial charge in [-0.1, -0.05) is 30.3 Å². The monoisotopic (exact) mass is 541 g/mol. The zero-order chi connectivity index (χ0) is 27.3. The molecule has 6 rings (SSSR count). The zero-order valence-corrected chi connectivity index (χ0v) is 21.8. The Balaban J connectivity index is 1.28. The molecular formula is C29H31F4N5O. The Hall–Kier alpha value is -3.56. The average Bonchev–Trinajstić information content (AvgIpc) is 3.63. The van der Waals surface area contributed by atoms with Gasteiger partial charge in [-0.05, 0) is 61.8 Å². The standard InChI is InChI=1S/C29H31F4N5O/c1-19-5-4-8-25(30)26(19)35-13-11-23(12-14-35)36-18-22-15-34-38(16-20-9-10-20)27(22)37(28(36)39)17-21-6-2-3-7-24(21)29(31,32)33/h2-8,15,20,23H,9-14,16-18H2,1H3. The summed E-state index contributed by atoms with van der Waals surface area (Å²) in [5.74, 6) is 0.821. The van der Waals surface area contributed by atoms with Crippen LogP contribution in [0, 0.1) is 18.7 Å². The lowest BCUT2D eigenvalue weighted by molar-refractivity contribution is -0.138. The van der Waals surface area contributed by atoms with Crippen molar-refractivity contribution in [2.45, 2.75) is 64.5 Å². The van der Waals surface area contributed by atoms with E-state index >= 15 is 0 Å². The lowest BCUT2D eigenvalue weighted by Gasteiger charge is -2.44. The van der Waals surface area contributed by atoms with Gasteiger partial charge in [0.05, 0.1) is 30.5 Å². The molecule has 39 heavy (non-hydrogen) atoms. The van der Waals surface area contributed by atoms with Crippen LogP contribution in [0.25, 0.3) is 0 Å². The second kappa shape index (κ2) is 9.88. The summed E-state index contributed by atoms with van der Waals surface area (Å²) in [6.07, 6.45) is 0.676. The van der Waals surface area contributed by atoms with Crippen LogP contribution in [-0.4, -0.2) is 39.8 Å². The van der Waals surface area contributed by atoms with Gasteiger partial charge < -0.3 is 9.80 Å². The average molecular weight is 542 g/mol. The number of rotatable bonds is 6. The number of halogens is 4. The molecule has 2 amide bonds. The van der Waals surface area contributed by atoms with Crippen molar-refractivity contribution < 1.29 is 22.4 Å². The first-order chi connectivity index (χ1) is 18.7. The fraction of sp³-hybridized carbons (Fsp3) is 0.448. The van der Waals surface area contributed by atoms with Gasteiger partial charge in [0.15, 0.2) is 0 Å². The molecule has 1 saturated heterocycles. The van der Waals surface area contributed by atoms with Crippen LogP contribution in [0.1, 0.15) is 47.9 Å². The van der Waals surface area contributed by atoms with Gasteiger partial charge in [-0.3, -0.25) is 4.90 Å². The summed E-state index contributed by atoms with van der Waals surface area (Å²) >= 11 is 0. The van der Waals surface area contributed by atoms with E-state index in [-0.39, 0.29) is 30.0 Å². The fourth-order valence-electron chi connectivity index (χ4n) is 5.97. The number of piperidine rings is 1. The minimum absolute atomic E-state index is 0.0511. The summed E-state index contributed by atoms with van der Waals surface area (Å²) < 4.78 is 57.9. The van der Waals surface area contributed by atoms with Crippen molar-refractivity contribution in [3.63, 3.8) is 0 Å². The summed E-state index contributed by atoms with van der Waals surface area (Å²) in [4.78, 5) is 19.3. The molecule has 1 aliphatic carbocycles. The minimum Gasteiger partial charge on any atom is -0.369 e. The number of aryl methyl sites for hydroxylation is 1. The van der Waals surface area contributed by atoms with E-state index in [9.17, 15) is 22.4 Å². The highest BCUT2D eigenvalue weighted by Crippen LogP contribution is 2.39. The van der Waals surface area contributed by atoms with Crippen molar-refractivity contribution in [2.75, 3.05) is 22.9 Å². The second-order valence-corrected chi connectivity index (χ2v) is 10.9. The molecule has 1 aromatic heterocycles. The van der Waals surface area contributed by atoms with Gasteiger partial charge >= 0.3 is 12.2 Å². The Kier molecular flexibility index (Phi) is 6.51. The van der Waals surface area contributed by atoms with Gasteiger partial charge in [-0.15, -0.1) is 0 Å². The number of nitrogens with zero attached hydrogens (tertiary/aromatic N) is 5. The summed E-state index contributed by atoms with van der Waals surface area (Å²) in [7, 11) is 0. The predicted octanol–water partition coefficient (Wildman–Crippen LogP) is 6.37. The Morgan fingerprint density at radius 2 is 1.74 bits per heavy atom. The lowest BCUT2D eigenvalue weighted by atomic mass is 10.00. The van der Waals surface area contributed by atoms with E-state index < -0.39 is 11.7 Å². The highest BCUT2D eigenvalue weighted by atomic mass is 19.4. The van der Waals surface area contributed by atoms with Gasteiger partial charge in [0.25, 0.3) is 0 Å². The maximum atomic E-state index is 14.6. The third kappa shape index (κ3) is 4.96. The Morgan fingerprint density at radius 1 is 1.00 bits per heavy atom. The van der Waals surface area contributed by atoms with E-state index in [1.165, 1.54) is 23.1 Å². The van der Waals surface area contributed by atoms with E-state index in [4.69, 9.17) is 0 Å². The van der Waals surface area contributed by atoms with Crippen LogP contribution in [0.2, 0.25) is 0 Å². The zero-order valence-electron chi connectivity index (χ0n) is 21.8. The molecule has 3 aromatic rings. The van der Waals surface area contributed by atoms with E-state index in [1.54, 1.807) is 27.9 Å². The summed E-state index contributed by atoms with van der Waals surface area (Å²) in [5, 5.41) is 4.55. The number of para-hydroxylation sites is 1. The van der Waals surface area contributed by atoms with Crippen LogP contribution in [0.15, 0.2) is 48.7 Å². The van der Waals surface area contributed by atoms with Crippen molar-refractivity contribution >= 4 is 17.5 Å². The topological polar surface area (TPSA) is 44.6 Å². The van der Waals surface area contributed by atoms with Gasteiger partial charge in [-0.2, -0.15) is 18.3 Å². The number of anilines is 2. The molecule has 2 aromatic carbocycles. The number of aromatic nitrogens is 2. The van der Waals surface area contributed by atoms with Gasteiger partial charge in [-0.25, -0.2) is 13.9 Å². The van der Waals surface area contributed by atoms with E-state index in [0.29, 0.717) is 56.4 Å². The molecule has 206 valence electrons. The molecule has 1 saturated carbocycles. The van der Waals surface area contributed by atoms with Gasteiger partial charge in [0, 0.05) is 31.2 Å². The molecule has 0 bridgehead atoms. The Labute approximate surface area is 224 Å². The van der Waals surface area contributed by atoms with Crippen molar-refractivity contribution in [3.05, 3.63) is 76.7 Å². The first-order valence-electron chi connectivity index (χ1n) is 13.5. The van der Waals surface area contributed by atoms with E-state index in [0.717, 1.165) is 30.0 Å². The van der Waals surface area contributed by atoms with Crippen molar-refractivity contribution in [2.24, 2.45) is 5.92 Å². The van der Waals surface area contributed by atoms with Crippen LogP contribution in [0.5, 0.6) is 0 Å². The van der Waals surface area contributed by atoms with Crippen LogP contribution >= 0.6 is 0 Å². The molecule has 2 aliphatic heterocycles. The molecule has 10 heteroatoms. The molecule has 6 nitrogen and oxygen atoms in total. The predicted molar refractivity (Wildman–Crippen MR) is 140 cm³/mol. The number of benzene rings is 2. The minimum atomic E-state index is -4.52. The van der Waals surface area contributed by atoms with E-state index in [1.807, 2.05) is 17.9 Å². The number of alkyl halides is 3. The first kappa shape index (κ1) is 25.7. The highest BCUT2D eigenvalue weighted by Gasteiger charge is 2.41. The normalized spacial score (nSPS) is 18.6. The smallest absolute Gasteiger partial charge is 0.369 e. The molecular weight excluding hydrogens is 510 g/mol. The third-order valence-electron chi connectivity index (χ3n) is 8.15. The SMILES string of the molecule is Cc1cccc(F)c1N1CCC(N2Cc3cnn(CC4CC4)c3N(Cc3ccccc3C(F)(F)F)C2=O)CC1. The van der Waals surface area contributed by atoms with Crippen LogP contribution in [0.4, 0.5) is 33.9 Å². The van der Waals surface area contributed by atoms with E-state index in [2.05, 4.69) is 5.10 Å². The molecule has 2 fully saturated rings. The molecule has 0 unspecified atom stereocenters. The Bertz CT molecular complexity index is 1350. The van der Waals surface area contributed by atoms with Gasteiger partial charge in [0.1, 0.15) is 11.6 Å². The summed E-state index contributed by atoms with van der Waals surface area (Å²) in [5.41, 5.74) is 1.61. The molecule has 0 spiro atoms. The quantitative estimate of drug-likeness (QED) is 0.341. The molecule has 3 heterocycles. The van der Waals surface area contributed by atoms with Crippen LogP contribution in [0.3, 0.4) is 0 Å². The molecule has 0 atom stereocenters. The van der Waals surface area contributed by atoms with Crippen molar-refractivity contribution in [3.8, 4) is 0 Å². The highest BCUT2D eigenvalue weighted by molar-refractivity contribution is 5.94. The van der Waals surface area contributed by atoms with Crippen LogP contribution in [-0.2, 0) is 25.8 Å². The Morgan fingerprint density at radius 3 is 2.44 bits per heavy atom. The number of carbonyl (C=O) groups excluding carboxylic acids is 1. The molecule has 0 radical (unpaired) electrons. The largest absolute Gasteiger partial charge is 0.416 e.